The molecule has 2 rings (SSSR count). The number of hydrogen-bond donors (Lipinski definition) is 2. The maximum atomic E-state index is 14.5. The number of carbonyl (C=O) groups is 1. The molecule has 118 valence electrons. The van der Waals surface area contributed by atoms with E-state index in [-0.39, 0.29) is 25.5 Å². The molecule has 1 heterocycles. The Kier molecular flexibility index (Phi) is 5.98. The van der Waals surface area contributed by atoms with Crippen LogP contribution >= 0.6 is 12.4 Å². The number of benzene rings is 1. The van der Waals surface area contributed by atoms with Crippen LogP contribution < -0.4 is 5.73 Å². The summed E-state index contributed by atoms with van der Waals surface area (Å²) in [5, 5.41) is 8.95. The van der Waals surface area contributed by atoms with Gasteiger partial charge in [-0.25, -0.2) is 9.18 Å². The number of nitrogens with zero attached hydrogens (tertiary/aromatic N) is 1. The smallest absolute Gasteiger partial charge is 0.407 e. The monoisotopic (exact) mass is 316 g/mol. The number of piperidine rings is 1. The Balaban J connectivity index is 0.00000220. The maximum absolute atomic E-state index is 14.5. The van der Waals surface area contributed by atoms with Crippen molar-refractivity contribution in [3.63, 3.8) is 0 Å². The van der Waals surface area contributed by atoms with Gasteiger partial charge < -0.3 is 15.7 Å². The average Bonchev–Trinajstić information content (AvgIpc) is 2.43. The molecule has 1 aromatic rings. The number of alkyl halides is 1. The van der Waals surface area contributed by atoms with Gasteiger partial charge in [0.15, 0.2) is 0 Å². The molecule has 1 aliphatic rings. The van der Waals surface area contributed by atoms with Crippen molar-refractivity contribution in [1.29, 1.82) is 0 Å². The van der Waals surface area contributed by atoms with Crippen molar-refractivity contribution in [3.8, 4) is 0 Å². The van der Waals surface area contributed by atoms with Crippen molar-refractivity contribution in [1.82, 2.24) is 4.90 Å². The van der Waals surface area contributed by atoms with Crippen LogP contribution in [-0.4, -0.2) is 41.9 Å². The summed E-state index contributed by atoms with van der Waals surface area (Å²) in [4.78, 5) is 12.1. The number of nitrogens with two attached hydrogens (primary N) is 1. The van der Waals surface area contributed by atoms with Crippen LogP contribution in [0.4, 0.5) is 9.18 Å². The highest BCUT2D eigenvalue weighted by atomic mass is 35.5. The van der Waals surface area contributed by atoms with Crippen molar-refractivity contribution < 1.29 is 14.3 Å². The lowest BCUT2D eigenvalue weighted by atomic mass is 9.72. The van der Waals surface area contributed by atoms with E-state index in [0.29, 0.717) is 19.4 Å². The van der Waals surface area contributed by atoms with E-state index < -0.39 is 17.7 Å². The fourth-order valence-corrected chi connectivity index (χ4v) is 2.78. The van der Waals surface area contributed by atoms with Gasteiger partial charge in [-0.15, -0.1) is 12.4 Å². The zero-order valence-corrected chi connectivity index (χ0v) is 12.9. The number of halogens is 2. The molecule has 21 heavy (non-hydrogen) atoms. The minimum atomic E-state index is -1.22. The first-order chi connectivity index (χ1) is 9.47. The molecule has 0 aromatic heterocycles. The second-order valence-electron chi connectivity index (χ2n) is 5.67. The number of amides is 1. The first-order valence-corrected chi connectivity index (χ1v) is 6.84. The van der Waals surface area contributed by atoms with Gasteiger partial charge in [-0.05, 0) is 25.3 Å². The number of carboxylic acid groups (broad SMARTS) is 1. The second kappa shape index (κ2) is 7.09. The summed E-state index contributed by atoms with van der Waals surface area (Å²) in [6.45, 7) is 2.50. The molecule has 1 amide bonds. The van der Waals surface area contributed by atoms with Gasteiger partial charge in [0.25, 0.3) is 0 Å². The Labute approximate surface area is 130 Å². The molecule has 6 heteroatoms. The number of likely N-dealkylation sites (tertiary alicyclic amines) is 1. The molecule has 3 N–H and O–H groups in total. The molecular weight excluding hydrogens is 295 g/mol. The fraction of sp³-hybridized carbons (Fsp3) is 0.533. The molecule has 0 bridgehead atoms. The molecule has 1 fully saturated rings. The van der Waals surface area contributed by atoms with Crippen molar-refractivity contribution in [2.75, 3.05) is 19.6 Å². The van der Waals surface area contributed by atoms with E-state index in [0.717, 1.165) is 16.0 Å². The summed E-state index contributed by atoms with van der Waals surface area (Å²) in [6.07, 6.45) is -1.27. The summed E-state index contributed by atoms with van der Waals surface area (Å²) < 4.78 is 14.5. The molecule has 0 radical (unpaired) electrons. The molecule has 1 aliphatic heterocycles. The maximum Gasteiger partial charge on any atom is 0.407 e. The van der Waals surface area contributed by atoms with E-state index in [4.69, 9.17) is 10.8 Å². The van der Waals surface area contributed by atoms with Gasteiger partial charge in [0.2, 0.25) is 0 Å². The zero-order valence-electron chi connectivity index (χ0n) is 12.1. The van der Waals surface area contributed by atoms with E-state index in [1.165, 1.54) is 0 Å². The Morgan fingerprint density at radius 3 is 2.57 bits per heavy atom. The largest absolute Gasteiger partial charge is 0.465 e. The van der Waals surface area contributed by atoms with Crippen LogP contribution in [0.3, 0.4) is 0 Å². The Morgan fingerprint density at radius 2 is 2.10 bits per heavy atom. The minimum absolute atomic E-state index is 0. The lowest BCUT2D eigenvalue weighted by Gasteiger charge is -2.43. The molecule has 0 aliphatic carbocycles. The molecule has 1 saturated heterocycles. The molecule has 1 aromatic carbocycles. The van der Waals surface area contributed by atoms with E-state index in [2.05, 4.69) is 0 Å². The molecule has 4 nitrogen and oxygen atoms in total. The van der Waals surface area contributed by atoms with Gasteiger partial charge in [-0.2, -0.15) is 0 Å². The fourth-order valence-electron chi connectivity index (χ4n) is 2.78. The van der Waals surface area contributed by atoms with Crippen molar-refractivity contribution in [2.24, 2.45) is 11.1 Å². The highest BCUT2D eigenvalue weighted by Gasteiger charge is 2.43. The van der Waals surface area contributed by atoms with Gasteiger partial charge in [-0.1, -0.05) is 29.8 Å². The van der Waals surface area contributed by atoms with Gasteiger partial charge in [0.05, 0.1) is 6.54 Å². The first kappa shape index (κ1) is 17.7. The van der Waals surface area contributed by atoms with Crippen LogP contribution in [0.25, 0.3) is 0 Å². The lowest BCUT2D eigenvalue weighted by molar-refractivity contribution is 0.0166. The normalized spacial score (nSPS) is 25.3. The van der Waals surface area contributed by atoms with Crippen LogP contribution in [0.5, 0.6) is 0 Å². The quantitative estimate of drug-likeness (QED) is 0.901. The summed E-state index contributed by atoms with van der Waals surface area (Å²) in [6, 6.07) is 7.98. The van der Waals surface area contributed by atoms with Crippen LogP contribution in [0.1, 0.15) is 17.5 Å². The van der Waals surface area contributed by atoms with Gasteiger partial charge in [0, 0.05) is 18.5 Å². The summed E-state index contributed by atoms with van der Waals surface area (Å²) in [5.41, 5.74) is 7.38. The number of hydrogen-bond acceptors (Lipinski definition) is 2. The van der Waals surface area contributed by atoms with E-state index >= 15 is 0 Å². The number of aryl methyl sites for hydroxylation is 1. The Bertz CT molecular complexity index is 483. The van der Waals surface area contributed by atoms with Gasteiger partial charge in [0.1, 0.15) is 6.17 Å². The molecular formula is C15H22ClFN2O2. The highest BCUT2D eigenvalue weighted by molar-refractivity contribution is 5.85. The summed E-state index contributed by atoms with van der Waals surface area (Å²) in [7, 11) is 0. The Morgan fingerprint density at radius 1 is 1.48 bits per heavy atom. The first-order valence-electron chi connectivity index (χ1n) is 6.84. The van der Waals surface area contributed by atoms with Gasteiger partial charge >= 0.3 is 6.09 Å². The number of rotatable bonds is 3. The van der Waals surface area contributed by atoms with Crippen molar-refractivity contribution >= 4 is 18.5 Å². The zero-order chi connectivity index (χ0) is 14.8. The molecule has 1 unspecified atom stereocenters. The minimum Gasteiger partial charge on any atom is -0.465 e. The molecule has 2 atom stereocenters. The van der Waals surface area contributed by atoms with Gasteiger partial charge in [-0.3, -0.25) is 0 Å². The SMILES string of the molecule is Cc1ccc(CC2(CN)CCN(C(=O)O)C[C@H]2F)cc1.Cl. The third kappa shape index (κ3) is 3.86. The summed E-state index contributed by atoms with van der Waals surface area (Å²) >= 11 is 0. The standard InChI is InChI=1S/C15H21FN2O2.ClH/c1-11-2-4-12(5-3-11)8-15(10-17)6-7-18(14(19)20)9-13(15)16;/h2-5,13H,6-10,17H2,1H3,(H,19,20);1H/t13-,15?;/m1./s1. The Hall–Kier alpha value is -1.33. The van der Waals surface area contributed by atoms with Crippen LogP contribution in [0, 0.1) is 12.3 Å². The van der Waals surface area contributed by atoms with E-state index in [1.54, 1.807) is 0 Å². The van der Waals surface area contributed by atoms with E-state index in [9.17, 15) is 9.18 Å². The van der Waals surface area contributed by atoms with Crippen molar-refractivity contribution in [2.45, 2.75) is 25.9 Å². The third-order valence-corrected chi connectivity index (χ3v) is 4.28. The molecule has 0 saturated carbocycles. The third-order valence-electron chi connectivity index (χ3n) is 4.28. The lowest BCUT2D eigenvalue weighted by Crippen LogP contribution is -2.54. The topological polar surface area (TPSA) is 66.6 Å². The van der Waals surface area contributed by atoms with Crippen LogP contribution in [0.2, 0.25) is 0 Å². The van der Waals surface area contributed by atoms with Crippen molar-refractivity contribution in [3.05, 3.63) is 35.4 Å². The van der Waals surface area contributed by atoms with E-state index in [1.807, 2.05) is 31.2 Å². The second-order valence-corrected chi connectivity index (χ2v) is 5.67. The predicted octanol–water partition coefficient (Wildman–Crippen LogP) is 2.63. The average molecular weight is 317 g/mol. The predicted molar refractivity (Wildman–Crippen MR) is 82.7 cm³/mol. The summed E-state index contributed by atoms with van der Waals surface area (Å²) in [5.74, 6) is 0. The van der Waals surface area contributed by atoms with Crippen LogP contribution in [-0.2, 0) is 6.42 Å². The van der Waals surface area contributed by atoms with Crippen LogP contribution in [0.15, 0.2) is 24.3 Å². The molecule has 0 spiro atoms. The highest BCUT2D eigenvalue weighted by Crippen LogP contribution is 2.36.